The fraction of sp³-hybridized carbons (Fsp3) is 0.471. The SMILES string of the molecule is CCCCCCC(F)(F)Cc1ccc(-c2ccc(-c3ccc(CC(F)(F)CCCCCC)c(F)c3F)cc2)c(F)c1F. The van der Waals surface area contributed by atoms with Crippen LogP contribution in [0.5, 0.6) is 0 Å². The summed E-state index contributed by atoms with van der Waals surface area (Å²) in [7, 11) is 0. The van der Waals surface area contributed by atoms with Crippen LogP contribution >= 0.6 is 0 Å². The fourth-order valence-electron chi connectivity index (χ4n) is 5.08. The molecule has 0 saturated carbocycles. The van der Waals surface area contributed by atoms with Crippen molar-refractivity contribution in [2.24, 2.45) is 0 Å². The molecular formula is C34H38F8. The number of halogens is 8. The first-order valence-corrected chi connectivity index (χ1v) is 14.7. The van der Waals surface area contributed by atoms with Gasteiger partial charge in [-0.15, -0.1) is 0 Å². The van der Waals surface area contributed by atoms with Gasteiger partial charge in [-0.25, -0.2) is 35.1 Å². The van der Waals surface area contributed by atoms with E-state index in [9.17, 15) is 35.1 Å². The molecule has 0 bridgehead atoms. The number of rotatable bonds is 16. The molecule has 0 heterocycles. The summed E-state index contributed by atoms with van der Waals surface area (Å²) in [6.45, 7) is 3.92. The van der Waals surface area contributed by atoms with Gasteiger partial charge in [-0.3, -0.25) is 0 Å². The zero-order valence-corrected chi connectivity index (χ0v) is 24.1. The molecule has 3 aromatic rings. The molecule has 0 aliphatic rings. The van der Waals surface area contributed by atoms with Crippen molar-refractivity contribution >= 4 is 0 Å². The fourth-order valence-corrected chi connectivity index (χ4v) is 5.08. The monoisotopic (exact) mass is 598 g/mol. The first-order chi connectivity index (χ1) is 19.9. The Morgan fingerprint density at radius 1 is 0.452 bits per heavy atom. The highest BCUT2D eigenvalue weighted by molar-refractivity contribution is 5.71. The number of hydrogen-bond donors (Lipinski definition) is 0. The van der Waals surface area contributed by atoms with Crippen molar-refractivity contribution in [2.75, 3.05) is 0 Å². The molecule has 0 aromatic heterocycles. The molecule has 230 valence electrons. The van der Waals surface area contributed by atoms with E-state index in [4.69, 9.17) is 0 Å². The largest absolute Gasteiger partial charge is 0.252 e. The third kappa shape index (κ3) is 9.05. The van der Waals surface area contributed by atoms with Crippen LogP contribution in [0.4, 0.5) is 35.1 Å². The molecule has 0 aliphatic carbocycles. The Kier molecular flexibility index (Phi) is 12.0. The number of hydrogen-bond acceptors (Lipinski definition) is 0. The Morgan fingerprint density at radius 2 is 0.810 bits per heavy atom. The van der Waals surface area contributed by atoms with E-state index in [0.717, 1.165) is 37.8 Å². The van der Waals surface area contributed by atoms with E-state index in [0.29, 0.717) is 25.7 Å². The van der Waals surface area contributed by atoms with Crippen molar-refractivity contribution in [1.82, 2.24) is 0 Å². The first-order valence-electron chi connectivity index (χ1n) is 14.7. The average molecular weight is 599 g/mol. The van der Waals surface area contributed by atoms with Crippen molar-refractivity contribution in [3.05, 3.63) is 82.9 Å². The average Bonchev–Trinajstić information content (AvgIpc) is 2.95. The number of unbranched alkanes of at least 4 members (excludes halogenated alkanes) is 6. The van der Waals surface area contributed by atoms with Crippen molar-refractivity contribution < 1.29 is 35.1 Å². The predicted molar refractivity (Wildman–Crippen MR) is 152 cm³/mol. The van der Waals surface area contributed by atoms with E-state index in [-0.39, 0.29) is 22.3 Å². The quantitative estimate of drug-likeness (QED) is 0.114. The maximum atomic E-state index is 14.9. The smallest absolute Gasteiger partial charge is 0.207 e. The van der Waals surface area contributed by atoms with Gasteiger partial charge in [0.25, 0.3) is 11.8 Å². The maximum absolute atomic E-state index is 14.9. The second kappa shape index (κ2) is 15.0. The van der Waals surface area contributed by atoms with Crippen LogP contribution in [0.1, 0.15) is 89.2 Å². The molecule has 3 aromatic carbocycles. The molecule has 0 unspecified atom stereocenters. The van der Waals surface area contributed by atoms with Gasteiger partial charge in [0, 0.05) is 36.8 Å². The first kappa shape index (κ1) is 33.6. The zero-order chi connectivity index (χ0) is 30.9. The lowest BCUT2D eigenvalue weighted by atomic mass is 9.95. The van der Waals surface area contributed by atoms with Crippen LogP contribution < -0.4 is 0 Å². The number of benzene rings is 3. The standard InChI is InChI=1S/C34H38F8/c1-3-5-7-9-19-33(39,40)21-25-15-17-27(31(37)29(25)35)23-11-13-24(14-12-23)28-18-16-26(30(36)32(28)38)22-34(41,42)20-10-8-6-4-2/h11-18H,3-10,19-22H2,1-2H3. The van der Waals surface area contributed by atoms with Gasteiger partial charge in [-0.1, -0.05) is 101 Å². The molecule has 0 saturated heterocycles. The van der Waals surface area contributed by atoms with Crippen molar-refractivity contribution in [3.8, 4) is 22.3 Å². The van der Waals surface area contributed by atoms with Crippen LogP contribution in [-0.2, 0) is 12.8 Å². The summed E-state index contributed by atoms with van der Waals surface area (Å²) < 4.78 is 117. The molecule has 0 spiro atoms. The lowest BCUT2D eigenvalue weighted by Crippen LogP contribution is -2.20. The third-order valence-corrected chi connectivity index (χ3v) is 7.52. The van der Waals surface area contributed by atoms with E-state index in [1.54, 1.807) is 0 Å². The van der Waals surface area contributed by atoms with Crippen LogP contribution in [0.15, 0.2) is 48.5 Å². The van der Waals surface area contributed by atoms with E-state index in [1.807, 2.05) is 13.8 Å². The second-order valence-electron chi connectivity index (χ2n) is 11.1. The van der Waals surface area contributed by atoms with E-state index < -0.39 is 71.9 Å². The van der Waals surface area contributed by atoms with Crippen molar-refractivity contribution in [2.45, 2.75) is 103 Å². The summed E-state index contributed by atoms with van der Waals surface area (Å²) in [5, 5.41) is 0. The normalized spacial score (nSPS) is 12.2. The second-order valence-corrected chi connectivity index (χ2v) is 11.1. The van der Waals surface area contributed by atoms with E-state index in [2.05, 4.69) is 0 Å². The summed E-state index contributed by atoms with van der Waals surface area (Å²) in [6.07, 6.45) is 2.71. The molecule has 0 aliphatic heterocycles. The zero-order valence-electron chi connectivity index (χ0n) is 24.1. The Bertz CT molecular complexity index is 1200. The molecule has 0 fully saturated rings. The maximum Gasteiger partial charge on any atom is 0.252 e. The molecule has 0 amide bonds. The molecule has 8 heteroatoms. The lowest BCUT2D eigenvalue weighted by molar-refractivity contribution is -0.0110. The minimum atomic E-state index is -3.16. The van der Waals surface area contributed by atoms with E-state index >= 15 is 0 Å². The van der Waals surface area contributed by atoms with Crippen molar-refractivity contribution in [3.63, 3.8) is 0 Å². The van der Waals surface area contributed by atoms with Gasteiger partial charge in [0.05, 0.1) is 0 Å². The Hall–Kier alpha value is -2.90. The summed E-state index contributed by atoms with van der Waals surface area (Å²) >= 11 is 0. The summed E-state index contributed by atoms with van der Waals surface area (Å²) in [4.78, 5) is 0. The molecule has 0 nitrogen and oxygen atoms in total. The molecule has 42 heavy (non-hydrogen) atoms. The van der Waals surface area contributed by atoms with Gasteiger partial charge in [0.1, 0.15) is 0 Å². The van der Waals surface area contributed by atoms with Crippen LogP contribution in [0, 0.1) is 23.3 Å². The van der Waals surface area contributed by atoms with Crippen LogP contribution in [0.2, 0.25) is 0 Å². The highest BCUT2D eigenvalue weighted by Crippen LogP contribution is 2.35. The highest BCUT2D eigenvalue weighted by Gasteiger charge is 2.32. The van der Waals surface area contributed by atoms with Gasteiger partial charge in [-0.2, -0.15) is 0 Å². The topological polar surface area (TPSA) is 0 Å². The number of alkyl halides is 4. The predicted octanol–water partition coefficient (Wildman–Crippen LogP) is 11.9. The van der Waals surface area contributed by atoms with Crippen molar-refractivity contribution in [1.29, 1.82) is 0 Å². The van der Waals surface area contributed by atoms with Gasteiger partial charge >= 0.3 is 0 Å². The lowest BCUT2D eigenvalue weighted by Gasteiger charge is -2.18. The molecular weight excluding hydrogens is 560 g/mol. The molecule has 0 radical (unpaired) electrons. The minimum absolute atomic E-state index is 0.169. The van der Waals surface area contributed by atoms with Gasteiger partial charge < -0.3 is 0 Å². The minimum Gasteiger partial charge on any atom is -0.207 e. The third-order valence-electron chi connectivity index (χ3n) is 7.52. The van der Waals surface area contributed by atoms with Crippen LogP contribution in [-0.4, -0.2) is 11.8 Å². The Labute approximate surface area is 243 Å². The van der Waals surface area contributed by atoms with Crippen LogP contribution in [0.25, 0.3) is 22.3 Å². The summed E-state index contributed by atoms with van der Waals surface area (Å²) in [5.74, 6) is -11.6. The van der Waals surface area contributed by atoms with Gasteiger partial charge in [0.2, 0.25) is 0 Å². The van der Waals surface area contributed by atoms with Gasteiger partial charge in [-0.05, 0) is 35.1 Å². The van der Waals surface area contributed by atoms with Crippen LogP contribution in [0.3, 0.4) is 0 Å². The highest BCUT2D eigenvalue weighted by atomic mass is 19.3. The molecule has 0 N–H and O–H groups in total. The van der Waals surface area contributed by atoms with E-state index in [1.165, 1.54) is 36.4 Å². The van der Waals surface area contributed by atoms with Gasteiger partial charge in [0.15, 0.2) is 23.3 Å². The molecule has 3 rings (SSSR count). The molecule has 0 atom stereocenters. The summed E-state index contributed by atoms with van der Waals surface area (Å²) in [6, 6.07) is 10.2. The Balaban J connectivity index is 1.74. The Morgan fingerprint density at radius 3 is 1.14 bits per heavy atom. The summed E-state index contributed by atoms with van der Waals surface area (Å²) in [5.41, 5.74) is -0.772.